The zero-order valence-electron chi connectivity index (χ0n) is 11.8. The maximum Gasteiger partial charge on any atom is 0.229 e. The van der Waals surface area contributed by atoms with Crippen LogP contribution in [0.25, 0.3) is 0 Å². The molecular formula is C12H27N3O. The Morgan fingerprint density at radius 1 is 1.06 bits per heavy atom. The largest absolute Gasteiger partial charge is 0.344 e. The molecule has 0 bridgehead atoms. The fourth-order valence-corrected chi connectivity index (χ4v) is 1.20. The molecule has 0 fully saturated rings. The van der Waals surface area contributed by atoms with E-state index >= 15 is 0 Å². The number of hydrogen-bond donors (Lipinski definition) is 1. The smallest absolute Gasteiger partial charge is 0.229 e. The van der Waals surface area contributed by atoms with E-state index in [0.29, 0.717) is 0 Å². The van der Waals surface area contributed by atoms with Crippen molar-refractivity contribution in [3.05, 3.63) is 0 Å². The maximum atomic E-state index is 12.3. The lowest BCUT2D eigenvalue weighted by Gasteiger charge is -2.39. The van der Waals surface area contributed by atoms with Crippen LogP contribution in [0.5, 0.6) is 0 Å². The minimum Gasteiger partial charge on any atom is -0.344 e. The van der Waals surface area contributed by atoms with Gasteiger partial charge in [-0.25, -0.2) is 0 Å². The Bertz CT molecular complexity index is 241. The average molecular weight is 229 g/mol. The molecule has 2 N–H and O–H groups in total. The maximum absolute atomic E-state index is 12.3. The number of likely N-dealkylation sites (N-methyl/N-ethyl adjacent to an activating group) is 2. The van der Waals surface area contributed by atoms with Crippen molar-refractivity contribution in [2.24, 2.45) is 11.1 Å². The van der Waals surface area contributed by atoms with Gasteiger partial charge in [0.2, 0.25) is 5.91 Å². The number of hydrogen-bond acceptors (Lipinski definition) is 3. The second kappa shape index (κ2) is 5.15. The van der Waals surface area contributed by atoms with Crippen LogP contribution in [0.1, 0.15) is 27.7 Å². The van der Waals surface area contributed by atoms with Gasteiger partial charge < -0.3 is 15.5 Å². The molecule has 0 aromatic rings. The summed E-state index contributed by atoms with van der Waals surface area (Å²) in [7, 11) is 5.83. The van der Waals surface area contributed by atoms with Crippen molar-refractivity contribution < 1.29 is 4.79 Å². The summed E-state index contributed by atoms with van der Waals surface area (Å²) in [6, 6.07) is 0. The van der Waals surface area contributed by atoms with Gasteiger partial charge in [-0.2, -0.15) is 0 Å². The van der Waals surface area contributed by atoms with Crippen molar-refractivity contribution in [2.75, 3.05) is 34.2 Å². The van der Waals surface area contributed by atoms with E-state index in [-0.39, 0.29) is 5.91 Å². The van der Waals surface area contributed by atoms with Gasteiger partial charge in [0.1, 0.15) is 0 Å². The van der Waals surface area contributed by atoms with E-state index in [1.165, 1.54) is 0 Å². The van der Waals surface area contributed by atoms with Crippen LogP contribution in [0.3, 0.4) is 0 Å². The van der Waals surface area contributed by atoms with Crippen LogP contribution in [-0.4, -0.2) is 55.5 Å². The summed E-state index contributed by atoms with van der Waals surface area (Å²) >= 11 is 0. The molecule has 0 saturated carbocycles. The lowest BCUT2D eigenvalue weighted by atomic mass is 9.74. The molecular weight excluding hydrogens is 202 g/mol. The second-order valence-electron chi connectivity index (χ2n) is 5.88. The third-order valence-corrected chi connectivity index (χ3v) is 3.37. The topological polar surface area (TPSA) is 49.6 Å². The zero-order chi connectivity index (χ0) is 13.1. The number of carbonyl (C=O) groups excluding carboxylic acids is 1. The van der Waals surface area contributed by atoms with E-state index in [9.17, 15) is 4.79 Å². The highest BCUT2D eigenvalue weighted by atomic mass is 16.2. The van der Waals surface area contributed by atoms with Gasteiger partial charge in [0, 0.05) is 25.7 Å². The van der Waals surface area contributed by atoms with E-state index in [4.69, 9.17) is 5.73 Å². The molecule has 0 aliphatic heterocycles. The van der Waals surface area contributed by atoms with Crippen molar-refractivity contribution in [3.8, 4) is 0 Å². The summed E-state index contributed by atoms with van der Waals surface area (Å²) in [6.07, 6.45) is 0. The number of carbonyl (C=O) groups is 1. The van der Waals surface area contributed by atoms with E-state index in [1.54, 1.807) is 4.90 Å². The number of nitrogens with two attached hydrogens (primary N) is 1. The van der Waals surface area contributed by atoms with Gasteiger partial charge in [-0.15, -0.1) is 0 Å². The van der Waals surface area contributed by atoms with Crippen molar-refractivity contribution >= 4 is 5.91 Å². The van der Waals surface area contributed by atoms with E-state index in [2.05, 4.69) is 4.90 Å². The first-order valence-electron chi connectivity index (χ1n) is 5.69. The number of amides is 1. The van der Waals surface area contributed by atoms with Crippen LogP contribution in [0, 0.1) is 5.41 Å². The molecule has 4 nitrogen and oxygen atoms in total. The van der Waals surface area contributed by atoms with Crippen molar-refractivity contribution in [1.29, 1.82) is 0 Å². The molecule has 0 aliphatic rings. The van der Waals surface area contributed by atoms with Crippen LogP contribution in [-0.2, 0) is 4.79 Å². The predicted octanol–water partition coefficient (Wildman–Crippen LogP) is 0.770. The monoisotopic (exact) mass is 229 g/mol. The first-order valence-corrected chi connectivity index (χ1v) is 5.69. The molecule has 0 saturated heterocycles. The quantitative estimate of drug-likeness (QED) is 0.757. The summed E-state index contributed by atoms with van der Waals surface area (Å²) in [4.78, 5) is 16.1. The van der Waals surface area contributed by atoms with Gasteiger partial charge in [-0.05, 0) is 41.8 Å². The third-order valence-electron chi connectivity index (χ3n) is 3.37. The molecule has 16 heavy (non-hydrogen) atoms. The Morgan fingerprint density at radius 2 is 1.50 bits per heavy atom. The summed E-state index contributed by atoms with van der Waals surface area (Å²) in [5.41, 5.74) is 4.99. The summed E-state index contributed by atoms with van der Waals surface area (Å²) in [5.74, 6) is 0.0989. The highest BCUT2D eigenvalue weighted by Gasteiger charge is 2.41. The minimum absolute atomic E-state index is 0.0989. The molecule has 96 valence electrons. The Kier molecular flexibility index (Phi) is 4.95. The number of rotatable bonds is 5. The normalized spacial score (nSPS) is 13.1. The van der Waals surface area contributed by atoms with E-state index in [0.717, 1.165) is 13.1 Å². The molecule has 0 unspecified atom stereocenters. The molecule has 0 rings (SSSR count). The van der Waals surface area contributed by atoms with Gasteiger partial charge in [0.15, 0.2) is 0 Å². The average Bonchev–Trinajstić information content (AvgIpc) is 2.10. The van der Waals surface area contributed by atoms with Gasteiger partial charge >= 0.3 is 0 Å². The standard InChI is InChI=1S/C12H27N3O/c1-11(2,12(3,4)13)10(16)15(7)9-8-14(5)6/h8-9,13H2,1-7H3. The fourth-order valence-electron chi connectivity index (χ4n) is 1.20. The molecule has 0 heterocycles. The Labute approximate surface area is 99.8 Å². The first-order chi connectivity index (χ1) is 7.00. The Balaban J connectivity index is 4.55. The molecule has 0 spiro atoms. The molecule has 0 atom stereocenters. The zero-order valence-corrected chi connectivity index (χ0v) is 11.8. The predicted molar refractivity (Wildman–Crippen MR) is 68.2 cm³/mol. The molecule has 4 heteroatoms. The fraction of sp³-hybridized carbons (Fsp3) is 0.917. The van der Waals surface area contributed by atoms with Crippen molar-refractivity contribution in [1.82, 2.24) is 9.80 Å². The highest BCUT2D eigenvalue weighted by molar-refractivity contribution is 5.83. The van der Waals surface area contributed by atoms with Gasteiger partial charge in [0.05, 0.1) is 5.41 Å². The van der Waals surface area contributed by atoms with Crippen LogP contribution >= 0.6 is 0 Å². The van der Waals surface area contributed by atoms with Gasteiger partial charge in [0.25, 0.3) is 0 Å². The second-order valence-corrected chi connectivity index (χ2v) is 5.88. The lowest BCUT2D eigenvalue weighted by Crippen LogP contribution is -2.56. The van der Waals surface area contributed by atoms with Gasteiger partial charge in [-0.3, -0.25) is 4.79 Å². The number of nitrogens with zero attached hydrogens (tertiary/aromatic N) is 2. The SMILES string of the molecule is CN(C)CCN(C)C(=O)C(C)(C)C(C)(C)N. The minimum atomic E-state index is -0.548. The van der Waals surface area contributed by atoms with Crippen molar-refractivity contribution in [2.45, 2.75) is 33.2 Å². The molecule has 0 radical (unpaired) electrons. The van der Waals surface area contributed by atoms with Crippen LogP contribution in [0.4, 0.5) is 0 Å². The molecule has 0 aromatic heterocycles. The first kappa shape index (κ1) is 15.4. The van der Waals surface area contributed by atoms with Crippen LogP contribution < -0.4 is 5.73 Å². The van der Waals surface area contributed by atoms with Crippen LogP contribution in [0.15, 0.2) is 0 Å². The molecule has 0 aliphatic carbocycles. The van der Waals surface area contributed by atoms with Gasteiger partial charge in [-0.1, -0.05) is 0 Å². The van der Waals surface area contributed by atoms with Crippen molar-refractivity contribution in [3.63, 3.8) is 0 Å². The third kappa shape index (κ3) is 3.76. The lowest BCUT2D eigenvalue weighted by molar-refractivity contribution is -0.142. The summed E-state index contributed by atoms with van der Waals surface area (Å²) < 4.78 is 0. The highest BCUT2D eigenvalue weighted by Crippen LogP contribution is 2.30. The summed E-state index contributed by atoms with van der Waals surface area (Å²) in [6.45, 7) is 9.19. The Hall–Kier alpha value is -0.610. The van der Waals surface area contributed by atoms with E-state index < -0.39 is 11.0 Å². The summed E-state index contributed by atoms with van der Waals surface area (Å²) in [5, 5.41) is 0. The Morgan fingerprint density at radius 3 is 1.81 bits per heavy atom. The van der Waals surface area contributed by atoms with Crippen LogP contribution in [0.2, 0.25) is 0 Å². The van der Waals surface area contributed by atoms with E-state index in [1.807, 2.05) is 48.8 Å². The molecule has 0 aromatic carbocycles. The molecule has 1 amide bonds.